The van der Waals surface area contributed by atoms with E-state index in [0.29, 0.717) is 18.0 Å². The van der Waals surface area contributed by atoms with E-state index < -0.39 is 11.7 Å². The van der Waals surface area contributed by atoms with E-state index >= 15 is 0 Å². The van der Waals surface area contributed by atoms with Gasteiger partial charge in [-0.15, -0.1) is 0 Å². The van der Waals surface area contributed by atoms with Gasteiger partial charge in [-0.1, -0.05) is 6.07 Å². The van der Waals surface area contributed by atoms with Gasteiger partial charge in [-0.05, 0) is 50.5 Å². The van der Waals surface area contributed by atoms with Gasteiger partial charge in [0.05, 0.1) is 11.9 Å². The number of hydrogen-bond acceptors (Lipinski definition) is 5. The van der Waals surface area contributed by atoms with Crippen molar-refractivity contribution in [3.63, 3.8) is 0 Å². The van der Waals surface area contributed by atoms with Crippen LogP contribution < -0.4 is 10.1 Å². The molecule has 2 aromatic rings. The third kappa shape index (κ3) is 4.37. The summed E-state index contributed by atoms with van der Waals surface area (Å²) in [5, 5.41) is 7.30. The molecule has 0 aliphatic rings. The fourth-order valence-corrected chi connectivity index (χ4v) is 1.74. The van der Waals surface area contributed by atoms with E-state index in [0.717, 1.165) is 10.9 Å². The first kappa shape index (κ1) is 15.2. The lowest BCUT2D eigenvalue weighted by Gasteiger charge is -2.19. The zero-order valence-corrected chi connectivity index (χ0v) is 12.7. The molecule has 0 unspecified atom stereocenters. The first-order valence-electron chi connectivity index (χ1n) is 6.81. The van der Waals surface area contributed by atoms with Crippen molar-refractivity contribution >= 4 is 17.1 Å². The number of amides is 1. The van der Waals surface area contributed by atoms with Crippen molar-refractivity contribution in [2.75, 3.05) is 13.2 Å². The molecule has 0 saturated heterocycles. The monoisotopic (exact) mass is 292 g/mol. The van der Waals surface area contributed by atoms with Crippen LogP contribution >= 0.6 is 0 Å². The molecule has 1 aromatic heterocycles. The zero-order valence-electron chi connectivity index (χ0n) is 12.7. The highest BCUT2D eigenvalue weighted by atomic mass is 16.6. The van der Waals surface area contributed by atoms with Crippen LogP contribution in [0.1, 0.15) is 26.3 Å². The maximum absolute atomic E-state index is 11.4. The van der Waals surface area contributed by atoms with Crippen LogP contribution in [-0.2, 0) is 4.74 Å². The predicted molar refractivity (Wildman–Crippen MR) is 78.5 cm³/mol. The molecule has 1 heterocycles. The summed E-state index contributed by atoms with van der Waals surface area (Å²) in [6.07, 6.45) is -0.466. The van der Waals surface area contributed by atoms with Crippen molar-refractivity contribution in [3.8, 4) is 5.88 Å². The van der Waals surface area contributed by atoms with E-state index in [1.54, 1.807) is 0 Å². The van der Waals surface area contributed by atoms with Gasteiger partial charge in [0, 0.05) is 0 Å². The number of fused-ring (bicyclic) bond motifs is 1. The molecule has 0 aliphatic heterocycles. The van der Waals surface area contributed by atoms with Gasteiger partial charge in [0.1, 0.15) is 12.2 Å². The second kappa shape index (κ2) is 6.03. The van der Waals surface area contributed by atoms with Crippen LogP contribution in [0.2, 0.25) is 0 Å². The van der Waals surface area contributed by atoms with E-state index in [1.165, 1.54) is 0 Å². The molecule has 114 valence electrons. The quantitative estimate of drug-likeness (QED) is 0.877. The Bertz CT molecular complexity index is 628. The fraction of sp³-hybridized carbons (Fsp3) is 0.467. The normalized spacial score (nSPS) is 11.4. The van der Waals surface area contributed by atoms with Crippen LogP contribution in [-0.4, -0.2) is 30.0 Å². The van der Waals surface area contributed by atoms with Gasteiger partial charge in [-0.2, -0.15) is 0 Å². The molecule has 6 heteroatoms. The van der Waals surface area contributed by atoms with Crippen molar-refractivity contribution in [1.29, 1.82) is 0 Å². The third-order valence-corrected chi connectivity index (χ3v) is 2.60. The van der Waals surface area contributed by atoms with Crippen molar-refractivity contribution in [1.82, 2.24) is 10.5 Å². The van der Waals surface area contributed by atoms with Crippen LogP contribution in [0.5, 0.6) is 5.88 Å². The molecule has 0 radical (unpaired) electrons. The van der Waals surface area contributed by atoms with Gasteiger partial charge in [0.2, 0.25) is 0 Å². The van der Waals surface area contributed by atoms with Gasteiger partial charge >= 0.3 is 6.09 Å². The lowest BCUT2D eigenvalue weighted by atomic mass is 10.2. The van der Waals surface area contributed by atoms with Crippen LogP contribution in [0.3, 0.4) is 0 Å². The number of carbonyl (C=O) groups excluding carboxylic acids is 1. The number of carbonyl (C=O) groups is 1. The molecule has 1 N–H and O–H groups in total. The minimum absolute atomic E-state index is 0.286. The summed E-state index contributed by atoms with van der Waals surface area (Å²) < 4.78 is 15.8. The van der Waals surface area contributed by atoms with Gasteiger partial charge in [-0.3, -0.25) is 0 Å². The topological polar surface area (TPSA) is 73.6 Å². The second-order valence-corrected chi connectivity index (χ2v) is 5.76. The first-order chi connectivity index (χ1) is 9.85. The van der Waals surface area contributed by atoms with E-state index in [4.69, 9.17) is 14.0 Å². The zero-order chi connectivity index (χ0) is 15.5. The van der Waals surface area contributed by atoms with Crippen LogP contribution in [0.15, 0.2) is 22.7 Å². The number of alkyl carbamates (subject to hydrolysis) is 1. The lowest BCUT2D eigenvalue weighted by Crippen LogP contribution is -2.34. The number of nitrogens with zero attached hydrogens (tertiary/aromatic N) is 1. The summed E-state index contributed by atoms with van der Waals surface area (Å²) in [5.74, 6) is 0.427. The Labute approximate surface area is 123 Å². The minimum Gasteiger partial charge on any atom is -0.473 e. The molecule has 1 amide bonds. The molecule has 0 aliphatic carbocycles. The number of aromatic nitrogens is 1. The Kier molecular flexibility index (Phi) is 4.35. The summed E-state index contributed by atoms with van der Waals surface area (Å²) in [6.45, 7) is 8.03. The van der Waals surface area contributed by atoms with Crippen LogP contribution in [0.4, 0.5) is 4.79 Å². The number of hydrogen-bond donors (Lipinski definition) is 1. The Morgan fingerprint density at radius 1 is 1.38 bits per heavy atom. The molecule has 0 bridgehead atoms. The summed E-state index contributed by atoms with van der Waals surface area (Å²) in [7, 11) is 0. The Hall–Kier alpha value is -2.24. The lowest BCUT2D eigenvalue weighted by molar-refractivity contribution is 0.0520. The summed E-state index contributed by atoms with van der Waals surface area (Å²) >= 11 is 0. The predicted octanol–water partition coefficient (Wildman–Crippen LogP) is 3.04. The molecule has 0 spiro atoms. The van der Waals surface area contributed by atoms with Gasteiger partial charge < -0.3 is 19.3 Å². The van der Waals surface area contributed by atoms with Crippen molar-refractivity contribution in [2.24, 2.45) is 0 Å². The maximum atomic E-state index is 11.4. The second-order valence-electron chi connectivity index (χ2n) is 5.76. The number of rotatable bonds is 4. The van der Waals surface area contributed by atoms with Gasteiger partial charge in [0.25, 0.3) is 5.88 Å². The Balaban J connectivity index is 1.82. The molecule has 2 rings (SSSR count). The number of aryl methyl sites for hydroxylation is 1. The third-order valence-electron chi connectivity index (χ3n) is 2.60. The van der Waals surface area contributed by atoms with E-state index in [9.17, 15) is 4.79 Å². The van der Waals surface area contributed by atoms with Crippen molar-refractivity contribution < 1.29 is 18.8 Å². The highest BCUT2D eigenvalue weighted by molar-refractivity contribution is 5.82. The Morgan fingerprint density at radius 3 is 2.86 bits per heavy atom. The molecule has 0 saturated carbocycles. The highest BCUT2D eigenvalue weighted by Gasteiger charge is 2.15. The van der Waals surface area contributed by atoms with E-state index in [1.807, 2.05) is 45.9 Å². The van der Waals surface area contributed by atoms with E-state index in [-0.39, 0.29) is 6.61 Å². The summed E-state index contributed by atoms with van der Waals surface area (Å²) in [5.41, 5.74) is 1.27. The van der Waals surface area contributed by atoms with Crippen molar-refractivity contribution in [3.05, 3.63) is 23.8 Å². The molecule has 1 aromatic carbocycles. The van der Waals surface area contributed by atoms with Gasteiger partial charge in [0.15, 0.2) is 5.58 Å². The minimum atomic E-state index is -0.509. The number of nitrogens with one attached hydrogen (secondary N) is 1. The standard InChI is InChI=1S/C15H20N2O4/c1-10-5-6-11-12(9-10)21-17-13(11)19-8-7-16-14(18)20-15(2,3)4/h5-6,9H,7-8H2,1-4H3,(H,16,18). The van der Waals surface area contributed by atoms with Crippen LogP contribution in [0, 0.1) is 6.92 Å². The Morgan fingerprint density at radius 2 is 2.14 bits per heavy atom. The molecular weight excluding hydrogens is 272 g/mol. The van der Waals surface area contributed by atoms with Crippen molar-refractivity contribution in [2.45, 2.75) is 33.3 Å². The average Bonchev–Trinajstić information content (AvgIpc) is 2.75. The number of ether oxygens (including phenoxy) is 2. The SMILES string of the molecule is Cc1ccc2c(OCCNC(=O)OC(C)(C)C)noc2c1. The summed E-state index contributed by atoms with van der Waals surface area (Å²) in [4.78, 5) is 11.4. The average molecular weight is 292 g/mol. The van der Waals surface area contributed by atoms with Crippen LogP contribution in [0.25, 0.3) is 11.0 Å². The molecule has 6 nitrogen and oxygen atoms in total. The maximum Gasteiger partial charge on any atom is 0.407 e. The molecule has 0 fully saturated rings. The summed E-state index contributed by atoms with van der Waals surface area (Å²) in [6, 6.07) is 5.76. The molecule has 0 atom stereocenters. The van der Waals surface area contributed by atoms with E-state index in [2.05, 4.69) is 10.5 Å². The highest BCUT2D eigenvalue weighted by Crippen LogP contribution is 2.25. The fourth-order valence-electron chi connectivity index (χ4n) is 1.74. The first-order valence-corrected chi connectivity index (χ1v) is 6.81. The number of benzene rings is 1. The smallest absolute Gasteiger partial charge is 0.407 e. The van der Waals surface area contributed by atoms with Gasteiger partial charge in [-0.25, -0.2) is 4.79 Å². The molecule has 21 heavy (non-hydrogen) atoms. The molecular formula is C15H20N2O4. The largest absolute Gasteiger partial charge is 0.473 e.